The van der Waals surface area contributed by atoms with Crippen LogP contribution in [0.25, 0.3) is 0 Å². The Morgan fingerprint density at radius 2 is 1.70 bits per heavy atom. The molecular weight excluding hydrogens is 340 g/mol. The van der Waals surface area contributed by atoms with Gasteiger partial charge in [0.25, 0.3) is 5.91 Å². The number of allylic oxidation sites excluding steroid dienone is 1. The van der Waals surface area contributed by atoms with Crippen molar-refractivity contribution >= 4 is 28.9 Å². The van der Waals surface area contributed by atoms with E-state index in [4.69, 9.17) is 11.1 Å². The second-order valence-electron chi connectivity index (χ2n) is 6.10. The Morgan fingerprint density at radius 3 is 2.33 bits per heavy atom. The third kappa shape index (κ3) is 5.54. The molecule has 6 heteroatoms. The first-order valence-electron chi connectivity index (χ1n) is 8.63. The number of nitrogens with zero attached hydrogens (tertiary/aromatic N) is 1. The summed E-state index contributed by atoms with van der Waals surface area (Å²) in [6, 6.07) is 16.3. The van der Waals surface area contributed by atoms with Crippen LogP contribution in [0.1, 0.15) is 19.4 Å². The van der Waals surface area contributed by atoms with E-state index >= 15 is 0 Å². The van der Waals surface area contributed by atoms with Crippen molar-refractivity contribution < 1.29 is 9.59 Å². The lowest BCUT2D eigenvalue weighted by Gasteiger charge is -2.22. The van der Waals surface area contributed by atoms with Crippen LogP contribution in [-0.4, -0.2) is 30.6 Å². The van der Waals surface area contributed by atoms with E-state index in [9.17, 15) is 9.59 Å². The van der Waals surface area contributed by atoms with Crippen LogP contribution in [-0.2, 0) is 9.59 Å². The number of para-hydroxylation sites is 2. The summed E-state index contributed by atoms with van der Waals surface area (Å²) in [5.41, 5.74) is 8.45. The quantitative estimate of drug-likeness (QED) is 0.400. The summed E-state index contributed by atoms with van der Waals surface area (Å²) in [6.07, 6.45) is 1.43. The van der Waals surface area contributed by atoms with Gasteiger partial charge in [-0.15, -0.1) is 0 Å². The van der Waals surface area contributed by atoms with Crippen LogP contribution in [0.2, 0.25) is 0 Å². The molecule has 0 spiro atoms. The van der Waals surface area contributed by atoms with E-state index in [-0.39, 0.29) is 17.5 Å². The number of hydrogen-bond donors (Lipinski definition) is 3. The topological polar surface area (TPSA) is 99.3 Å². The van der Waals surface area contributed by atoms with Gasteiger partial charge in [0.15, 0.2) is 0 Å². The highest BCUT2D eigenvalue weighted by Gasteiger charge is 2.15. The molecule has 0 atom stereocenters. The normalized spacial score (nSPS) is 11.0. The number of amides is 2. The number of nitrogens with one attached hydrogen (secondary N) is 2. The van der Waals surface area contributed by atoms with E-state index < -0.39 is 0 Å². The van der Waals surface area contributed by atoms with Gasteiger partial charge >= 0.3 is 0 Å². The Bertz CT molecular complexity index is 859. The second kappa shape index (κ2) is 9.33. The highest BCUT2D eigenvalue weighted by atomic mass is 16.2. The molecule has 27 heavy (non-hydrogen) atoms. The lowest BCUT2D eigenvalue weighted by atomic mass is 10.0. The van der Waals surface area contributed by atoms with Crippen LogP contribution in [0.5, 0.6) is 0 Å². The fourth-order valence-corrected chi connectivity index (χ4v) is 2.59. The molecule has 0 aliphatic heterocycles. The van der Waals surface area contributed by atoms with Gasteiger partial charge in [0.1, 0.15) is 0 Å². The van der Waals surface area contributed by atoms with E-state index in [1.165, 1.54) is 13.0 Å². The number of carbonyl (C=O) groups is 2. The summed E-state index contributed by atoms with van der Waals surface area (Å²) in [5, 5.41) is 11.0. The summed E-state index contributed by atoms with van der Waals surface area (Å²) < 4.78 is 0. The van der Waals surface area contributed by atoms with Crippen molar-refractivity contribution in [2.75, 3.05) is 23.7 Å². The molecule has 0 saturated heterocycles. The zero-order chi connectivity index (χ0) is 19.8. The summed E-state index contributed by atoms with van der Waals surface area (Å²) >= 11 is 0. The zero-order valence-corrected chi connectivity index (χ0v) is 15.5. The predicted molar refractivity (Wildman–Crippen MR) is 109 cm³/mol. The van der Waals surface area contributed by atoms with E-state index in [1.54, 1.807) is 36.1 Å². The molecular formula is C21H24N4O2. The standard InChI is InChI=1S/C21H24N4O2/c1-15(21(23)18-10-6-7-11-19(18)22)14-20(27)25(13-12-24-16(2)26)17-8-4-3-5-9-17/h3-11,14,23H,12-13,22H2,1-2H3,(H,24,26). The van der Waals surface area contributed by atoms with Crippen molar-refractivity contribution in [3.8, 4) is 0 Å². The van der Waals surface area contributed by atoms with Crippen molar-refractivity contribution in [1.82, 2.24) is 5.32 Å². The lowest BCUT2D eigenvalue weighted by molar-refractivity contribution is -0.119. The summed E-state index contributed by atoms with van der Waals surface area (Å²) in [7, 11) is 0. The Balaban J connectivity index is 2.23. The van der Waals surface area contributed by atoms with Gasteiger partial charge in [-0.1, -0.05) is 36.4 Å². The molecule has 0 radical (unpaired) electrons. The molecule has 2 aromatic carbocycles. The highest BCUT2D eigenvalue weighted by molar-refractivity contribution is 6.16. The Hall–Kier alpha value is -3.41. The Morgan fingerprint density at radius 1 is 1.07 bits per heavy atom. The smallest absolute Gasteiger partial charge is 0.251 e. The maximum Gasteiger partial charge on any atom is 0.251 e. The molecule has 0 aliphatic rings. The summed E-state index contributed by atoms with van der Waals surface area (Å²) in [6.45, 7) is 3.81. The minimum absolute atomic E-state index is 0.150. The van der Waals surface area contributed by atoms with Gasteiger partial charge < -0.3 is 16.0 Å². The van der Waals surface area contributed by atoms with E-state index in [2.05, 4.69) is 5.32 Å². The molecule has 2 aromatic rings. The van der Waals surface area contributed by atoms with Gasteiger partial charge in [0.05, 0.1) is 5.71 Å². The van der Waals surface area contributed by atoms with E-state index in [1.807, 2.05) is 30.3 Å². The molecule has 6 nitrogen and oxygen atoms in total. The number of hydrogen-bond acceptors (Lipinski definition) is 4. The number of carbonyl (C=O) groups excluding carboxylic acids is 2. The fourth-order valence-electron chi connectivity index (χ4n) is 2.59. The Kier molecular flexibility index (Phi) is 6.88. The first-order valence-corrected chi connectivity index (χ1v) is 8.63. The number of rotatable bonds is 7. The van der Waals surface area contributed by atoms with Crippen LogP contribution >= 0.6 is 0 Å². The maximum absolute atomic E-state index is 12.9. The van der Waals surface area contributed by atoms with Crippen LogP contribution in [0.3, 0.4) is 0 Å². The largest absolute Gasteiger partial charge is 0.398 e. The molecule has 140 valence electrons. The van der Waals surface area contributed by atoms with Crippen LogP contribution in [0, 0.1) is 5.41 Å². The van der Waals surface area contributed by atoms with Crippen molar-refractivity contribution in [2.24, 2.45) is 0 Å². The highest BCUT2D eigenvalue weighted by Crippen LogP contribution is 2.17. The molecule has 0 fully saturated rings. The molecule has 0 unspecified atom stereocenters. The summed E-state index contributed by atoms with van der Waals surface area (Å²) in [5.74, 6) is -0.410. The third-order valence-corrected chi connectivity index (χ3v) is 4.01. The van der Waals surface area contributed by atoms with Gasteiger partial charge in [0.2, 0.25) is 5.91 Å². The van der Waals surface area contributed by atoms with Gasteiger partial charge in [-0.05, 0) is 30.7 Å². The monoisotopic (exact) mass is 364 g/mol. The average Bonchev–Trinajstić information content (AvgIpc) is 2.65. The van der Waals surface area contributed by atoms with Crippen LogP contribution in [0.15, 0.2) is 66.2 Å². The number of nitrogens with two attached hydrogens (primary N) is 1. The molecule has 2 rings (SSSR count). The minimum atomic E-state index is -0.261. The summed E-state index contributed by atoms with van der Waals surface area (Å²) in [4.78, 5) is 25.6. The minimum Gasteiger partial charge on any atom is -0.398 e. The lowest BCUT2D eigenvalue weighted by Crippen LogP contribution is -2.37. The van der Waals surface area contributed by atoms with Gasteiger partial charge in [-0.2, -0.15) is 0 Å². The van der Waals surface area contributed by atoms with Gasteiger partial charge in [0, 0.05) is 43.0 Å². The van der Waals surface area contributed by atoms with Crippen LogP contribution in [0.4, 0.5) is 11.4 Å². The van der Waals surface area contributed by atoms with E-state index in [0.717, 1.165) is 5.69 Å². The Labute approximate surface area is 159 Å². The molecule has 0 saturated carbocycles. The van der Waals surface area contributed by atoms with Gasteiger partial charge in [-0.25, -0.2) is 0 Å². The van der Waals surface area contributed by atoms with Crippen molar-refractivity contribution in [1.29, 1.82) is 5.41 Å². The van der Waals surface area contributed by atoms with Crippen molar-refractivity contribution in [3.63, 3.8) is 0 Å². The maximum atomic E-state index is 12.9. The predicted octanol–water partition coefficient (Wildman–Crippen LogP) is 2.75. The second-order valence-corrected chi connectivity index (χ2v) is 6.10. The van der Waals surface area contributed by atoms with Crippen molar-refractivity contribution in [3.05, 3.63) is 71.8 Å². The van der Waals surface area contributed by atoms with Crippen molar-refractivity contribution in [2.45, 2.75) is 13.8 Å². The number of anilines is 2. The van der Waals surface area contributed by atoms with E-state index in [0.29, 0.717) is 29.9 Å². The first-order chi connectivity index (χ1) is 12.9. The molecule has 4 N–H and O–H groups in total. The fraction of sp³-hybridized carbons (Fsp3) is 0.190. The molecule has 0 aliphatic carbocycles. The molecule has 0 aromatic heterocycles. The SMILES string of the molecule is CC(=O)NCCN(C(=O)C=C(C)C(=N)c1ccccc1N)c1ccccc1. The number of nitrogen functional groups attached to an aromatic ring is 1. The molecule has 0 heterocycles. The number of benzene rings is 2. The third-order valence-electron chi connectivity index (χ3n) is 4.01. The van der Waals surface area contributed by atoms with Gasteiger partial charge in [-0.3, -0.25) is 15.0 Å². The average molecular weight is 364 g/mol. The zero-order valence-electron chi connectivity index (χ0n) is 15.5. The van der Waals surface area contributed by atoms with Crippen LogP contribution < -0.4 is 16.0 Å². The molecule has 2 amide bonds. The molecule has 0 bridgehead atoms. The first kappa shape index (κ1) is 19.9.